The predicted molar refractivity (Wildman–Crippen MR) is 81.7 cm³/mol. The van der Waals surface area contributed by atoms with Gasteiger partial charge in [0.25, 0.3) is 0 Å². The number of anilines is 1. The fourth-order valence-electron chi connectivity index (χ4n) is 1.99. The van der Waals surface area contributed by atoms with Crippen molar-refractivity contribution in [3.8, 4) is 5.75 Å². The Kier molecular flexibility index (Phi) is 5.90. The molecule has 0 radical (unpaired) electrons. The molecule has 1 aromatic carbocycles. The van der Waals surface area contributed by atoms with Crippen LogP contribution in [0.25, 0.3) is 0 Å². The molecule has 1 heterocycles. The number of imidazole rings is 1. The Balaban J connectivity index is 1.69. The molecule has 0 bridgehead atoms. The number of carbonyl (C=O) groups is 1. The van der Waals surface area contributed by atoms with Crippen LogP contribution in [0.4, 0.5) is 19.3 Å². The lowest BCUT2D eigenvalue weighted by Gasteiger charge is -2.09. The normalized spacial score (nSPS) is 10.6. The molecule has 0 aliphatic heterocycles. The van der Waals surface area contributed by atoms with Crippen LogP contribution in [-0.2, 0) is 6.54 Å². The van der Waals surface area contributed by atoms with Gasteiger partial charge >= 0.3 is 12.6 Å². The van der Waals surface area contributed by atoms with E-state index in [1.807, 2.05) is 17.7 Å². The molecule has 0 saturated heterocycles. The Bertz CT molecular complexity index is 629. The number of nitrogens with one attached hydrogen (secondary N) is 2. The van der Waals surface area contributed by atoms with Gasteiger partial charge in [-0.1, -0.05) is 0 Å². The van der Waals surface area contributed by atoms with Crippen molar-refractivity contribution >= 4 is 11.7 Å². The molecule has 2 amide bonds. The van der Waals surface area contributed by atoms with Crippen LogP contribution < -0.4 is 15.4 Å². The second-order valence-corrected chi connectivity index (χ2v) is 4.81. The summed E-state index contributed by atoms with van der Waals surface area (Å²) in [4.78, 5) is 15.8. The van der Waals surface area contributed by atoms with Crippen molar-refractivity contribution in [2.75, 3.05) is 11.9 Å². The number of hydrogen-bond acceptors (Lipinski definition) is 3. The van der Waals surface area contributed by atoms with Crippen LogP contribution >= 0.6 is 0 Å². The zero-order valence-corrected chi connectivity index (χ0v) is 12.6. The van der Waals surface area contributed by atoms with Crippen molar-refractivity contribution in [3.63, 3.8) is 0 Å². The Hall–Kier alpha value is -2.64. The number of hydrogen-bond donors (Lipinski definition) is 2. The summed E-state index contributed by atoms with van der Waals surface area (Å²) in [5.41, 5.74) is 0.495. The van der Waals surface area contributed by atoms with Crippen molar-refractivity contribution in [1.29, 1.82) is 0 Å². The van der Waals surface area contributed by atoms with Gasteiger partial charge in [0, 0.05) is 31.2 Å². The highest BCUT2D eigenvalue weighted by molar-refractivity contribution is 5.89. The highest BCUT2D eigenvalue weighted by Crippen LogP contribution is 2.17. The summed E-state index contributed by atoms with van der Waals surface area (Å²) in [6, 6.07) is 5.36. The molecule has 6 nitrogen and oxygen atoms in total. The van der Waals surface area contributed by atoms with Gasteiger partial charge in [-0.25, -0.2) is 9.78 Å². The number of urea groups is 1. The zero-order valence-electron chi connectivity index (χ0n) is 12.6. The summed E-state index contributed by atoms with van der Waals surface area (Å²) in [7, 11) is 0. The van der Waals surface area contributed by atoms with Crippen LogP contribution in [0.5, 0.6) is 5.75 Å². The molecule has 0 aliphatic carbocycles. The monoisotopic (exact) mass is 324 g/mol. The Morgan fingerprint density at radius 3 is 2.70 bits per heavy atom. The fourth-order valence-corrected chi connectivity index (χ4v) is 1.99. The second kappa shape index (κ2) is 8.11. The lowest BCUT2D eigenvalue weighted by atomic mass is 10.3. The molecular weight excluding hydrogens is 306 g/mol. The second-order valence-electron chi connectivity index (χ2n) is 4.81. The third-order valence-corrected chi connectivity index (χ3v) is 3.12. The van der Waals surface area contributed by atoms with E-state index < -0.39 is 6.61 Å². The van der Waals surface area contributed by atoms with Crippen molar-refractivity contribution in [2.24, 2.45) is 0 Å². The molecule has 23 heavy (non-hydrogen) atoms. The lowest BCUT2D eigenvalue weighted by Crippen LogP contribution is -2.30. The molecular formula is C15H18F2N4O2. The molecule has 2 rings (SSSR count). The van der Waals surface area contributed by atoms with E-state index >= 15 is 0 Å². The Morgan fingerprint density at radius 2 is 2.09 bits per heavy atom. The number of nitrogens with zero attached hydrogens (tertiary/aromatic N) is 2. The average molecular weight is 324 g/mol. The van der Waals surface area contributed by atoms with Crippen LogP contribution in [0, 0.1) is 6.92 Å². The number of amides is 2. The third-order valence-electron chi connectivity index (χ3n) is 3.12. The van der Waals surface area contributed by atoms with Gasteiger partial charge in [0.05, 0.1) is 0 Å². The van der Waals surface area contributed by atoms with E-state index in [1.165, 1.54) is 24.3 Å². The van der Waals surface area contributed by atoms with Crippen LogP contribution in [0.15, 0.2) is 36.7 Å². The number of aromatic nitrogens is 2. The number of alkyl halides is 2. The molecule has 0 atom stereocenters. The van der Waals surface area contributed by atoms with Gasteiger partial charge in [-0.3, -0.25) is 0 Å². The maximum atomic E-state index is 12.0. The molecule has 0 fully saturated rings. The molecule has 8 heteroatoms. The van der Waals surface area contributed by atoms with E-state index in [0.29, 0.717) is 12.2 Å². The van der Waals surface area contributed by atoms with Gasteiger partial charge < -0.3 is 19.9 Å². The van der Waals surface area contributed by atoms with Crippen molar-refractivity contribution in [1.82, 2.24) is 14.9 Å². The topological polar surface area (TPSA) is 68.2 Å². The van der Waals surface area contributed by atoms with E-state index in [-0.39, 0.29) is 11.8 Å². The molecule has 0 aliphatic rings. The van der Waals surface area contributed by atoms with Gasteiger partial charge in [0.2, 0.25) is 0 Å². The highest BCUT2D eigenvalue weighted by atomic mass is 19.3. The third kappa shape index (κ3) is 5.57. The van der Waals surface area contributed by atoms with Crippen molar-refractivity contribution in [3.05, 3.63) is 42.5 Å². The summed E-state index contributed by atoms with van der Waals surface area (Å²) >= 11 is 0. The maximum absolute atomic E-state index is 12.0. The Labute approximate surface area is 132 Å². The Morgan fingerprint density at radius 1 is 1.35 bits per heavy atom. The molecule has 0 unspecified atom stereocenters. The van der Waals surface area contributed by atoms with E-state index in [0.717, 1.165) is 18.8 Å². The van der Waals surface area contributed by atoms with Crippen LogP contribution in [0.2, 0.25) is 0 Å². The van der Waals surface area contributed by atoms with Gasteiger partial charge in [-0.15, -0.1) is 0 Å². The summed E-state index contributed by atoms with van der Waals surface area (Å²) < 4.78 is 30.3. The van der Waals surface area contributed by atoms with Crippen LogP contribution in [0.1, 0.15) is 12.2 Å². The number of benzene rings is 1. The first kappa shape index (κ1) is 16.7. The van der Waals surface area contributed by atoms with E-state index in [9.17, 15) is 13.6 Å². The summed E-state index contributed by atoms with van der Waals surface area (Å²) in [5, 5.41) is 5.34. The summed E-state index contributed by atoms with van der Waals surface area (Å²) in [5.74, 6) is 0.974. The van der Waals surface area contributed by atoms with Crippen LogP contribution in [0.3, 0.4) is 0 Å². The SMILES string of the molecule is Cc1nccn1CCCNC(=O)Nc1ccc(OC(F)F)cc1. The number of rotatable bonds is 7. The number of halogens is 2. The van der Waals surface area contributed by atoms with Crippen molar-refractivity contribution < 1.29 is 18.3 Å². The smallest absolute Gasteiger partial charge is 0.387 e. The van der Waals surface area contributed by atoms with Crippen LogP contribution in [-0.4, -0.2) is 28.7 Å². The molecule has 124 valence electrons. The zero-order chi connectivity index (χ0) is 16.7. The molecule has 0 spiro atoms. The first-order valence-corrected chi connectivity index (χ1v) is 7.12. The van der Waals surface area contributed by atoms with E-state index in [1.54, 1.807) is 6.20 Å². The number of aryl methyl sites for hydroxylation is 2. The minimum Gasteiger partial charge on any atom is -0.435 e. The summed E-state index contributed by atoms with van der Waals surface area (Å²) in [6.07, 6.45) is 4.39. The largest absolute Gasteiger partial charge is 0.435 e. The molecule has 1 aromatic heterocycles. The van der Waals surface area contributed by atoms with E-state index in [4.69, 9.17) is 0 Å². The molecule has 2 N–H and O–H groups in total. The van der Waals surface area contributed by atoms with Gasteiger partial charge in [0.1, 0.15) is 11.6 Å². The van der Waals surface area contributed by atoms with Crippen molar-refractivity contribution in [2.45, 2.75) is 26.5 Å². The first-order chi connectivity index (χ1) is 11.0. The predicted octanol–water partition coefficient (Wildman–Crippen LogP) is 3.00. The van der Waals surface area contributed by atoms with Gasteiger partial charge in [-0.05, 0) is 37.6 Å². The number of ether oxygens (including phenoxy) is 1. The fraction of sp³-hybridized carbons (Fsp3) is 0.333. The standard InChI is InChI=1S/C15H18F2N4O2/c1-11-18-8-10-21(11)9-2-7-19-15(22)20-12-3-5-13(6-4-12)23-14(16)17/h3-6,8,10,14H,2,7,9H2,1H3,(H2,19,20,22). The van der Waals surface area contributed by atoms with Gasteiger partial charge in [0.15, 0.2) is 0 Å². The minimum absolute atomic E-state index is 0.0432. The lowest BCUT2D eigenvalue weighted by molar-refractivity contribution is -0.0498. The average Bonchev–Trinajstić information content (AvgIpc) is 2.90. The number of carbonyl (C=O) groups excluding carboxylic acids is 1. The van der Waals surface area contributed by atoms with E-state index in [2.05, 4.69) is 20.4 Å². The maximum Gasteiger partial charge on any atom is 0.387 e. The van der Waals surface area contributed by atoms with Gasteiger partial charge in [-0.2, -0.15) is 8.78 Å². The summed E-state index contributed by atoms with van der Waals surface area (Å²) in [6.45, 7) is 0.333. The molecule has 2 aromatic rings. The highest BCUT2D eigenvalue weighted by Gasteiger charge is 2.05. The minimum atomic E-state index is -2.86. The first-order valence-electron chi connectivity index (χ1n) is 7.12. The molecule has 0 saturated carbocycles. The quantitative estimate of drug-likeness (QED) is 0.769.